The van der Waals surface area contributed by atoms with E-state index < -0.39 is 17.8 Å². The molecule has 0 bridgehead atoms. The van der Waals surface area contributed by atoms with Gasteiger partial charge in [0, 0.05) is 17.3 Å². The summed E-state index contributed by atoms with van der Waals surface area (Å²) in [5.41, 5.74) is 1.45. The van der Waals surface area contributed by atoms with Crippen LogP contribution >= 0.6 is 0 Å². The molecule has 0 spiro atoms. The van der Waals surface area contributed by atoms with Crippen LogP contribution in [0.5, 0.6) is 0 Å². The SMILES string of the molecule is Cc1ccc(C(=O)O)cc1-c1ccc(/C=C(/C#N)C(=O)Nc2cccc(C(=O)O)c2)o1. The maximum absolute atomic E-state index is 12.4. The third-order valence-electron chi connectivity index (χ3n) is 4.40. The number of carboxylic acids is 2. The van der Waals surface area contributed by atoms with Crippen molar-refractivity contribution in [2.24, 2.45) is 0 Å². The van der Waals surface area contributed by atoms with Crippen molar-refractivity contribution in [3.63, 3.8) is 0 Å². The van der Waals surface area contributed by atoms with Crippen LogP contribution in [0.25, 0.3) is 17.4 Å². The van der Waals surface area contributed by atoms with Gasteiger partial charge in [-0.3, -0.25) is 4.79 Å². The van der Waals surface area contributed by atoms with Crippen molar-refractivity contribution in [2.45, 2.75) is 6.92 Å². The molecule has 0 aliphatic carbocycles. The van der Waals surface area contributed by atoms with E-state index in [0.29, 0.717) is 11.3 Å². The van der Waals surface area contributed by atoms with Crippen LogP contribution in [0.3, 0.4) is 0 Å². The van der Waals surface area contributed by atoms with Crippen LogP contribution in [0.15, 0.2) is 64.6 Å². The molecule has 3 N–H and O–H groups in total. The fourth-order valence-electron chi connectivity index (χ4n) is 2.81. The third-order valence-corrected chi connectivity index (χ3v) is 4.40. The Morgan fingerprint density at radius 2 is 1.71 bits per heavy atom. The zero-order chi connectivity index (χ0) is 22.5. The highest BCUT2D eigenvalue weighted by atomic mass is 16.4. The molecule has 0 aliphatic rings. The first-order valence-electron chi connectivity index (χ1n) is 8.99. The van der Waals surface area contributed by atoms with Crippen LogP contribution in [-0.2, 0) is 4.79 Å². The number of rotatable bonds is 6. The van der Waals surface area contributed by atoms with Gasteiger partial charge in [-0.15, -0.1) is 0 Å². The molecule has 0 saturated carbocycles. The number of amides is 1. The largest absolute Gasteiger partial charge is 0.478 e. The number of nitrogens with one attached hydrogen (secondary N) is 1. The molecule has 8 heteroatoms. The number of carbonyl (C=O) groups is 3. The monoisotopic (exact) mass is 416 g/mol. The Balaban J connectivity index is 1.85. The van der Waals surface area contributed by atoms with Gasteiger partial charge in [0.2, 0.25) is 0 Å². The van der Waals surface area contributed by atoms with E-state index in [2.05, 4.69) is 5.32 Å². The summed E-state index contributed by atoms with van der Waals surface area (Å²) in [7, 11) is 0. The second kappa shape index (κ2) is 8.80. The number of aromatic carboxylic acids is 2. The number of nitrogens with zero attached hydrogens (tertiary/aromatic N) is 1. The van der Waals surface area contributed by atoms with Crippen LogP contribution in [-0.4, -0.2) is 28.1 Å². The Hall–Kier alpha value is -4.64. The second-order valence-corrected chi connectivity index (χ2v) is 6.55. The van der Waals surface area contributed by atoms with Gasteiger partial charge in [-0.25, -0.2) is 9.59 Å². The van der Waals surface area contributed by atoms with Crippen molar-refractivity contribution >= 4 is 29.6 Å². The first kappa shape index (κ1) is 21.1. The van der Waals surface area contributed by atoms with Crippen molar-refractivity contribution in [2.75, 3.05) is 5.32 Å². The Kier molecular flexibility index (Phi) is 5.98. The molecule has 0 saturated heterocycles. The maximum atomic E-state index is 12.4. The number of furan rings is 1. The van der Waals surface area contributed by atoms with Gasteiger partial charge in [0.1, 0.15) is 23.2 Å². The summed E-state index contributed by atoms with van der Waals surface area (Å²) in [4.78, 5) is 34.7. The minimum atomic E-state index is -1.14. The Bertz CT molecular complexity index is 1260. The van der Waals surface area contributed by atoms with Gasteiger partial charge >= 0.3 is 11.9 Å². The number of nitriles is 1. The van der Waals surface area contributed by atoms with Gasteiger partial charge in [-0.05, 0) is 55.0 Å². The van der Waals surface area contributed by atoms with Gasteiger partial charge < -0.3 is 19.9 Å². The zero-order valence-corrected chi connectivity index (χ0v) is 16.2. The number of hydrogen-bond acceptors (Lipinski definition) is 5. The fraction of sp³-hybridized carbons (Fsp3) is 0.0435. The average Bonchev–Trinajstić information content (AvgIpc) is 3.20. The first-order chi connectivity index (χ1) is 14.8. The quantitative estimate of drug-likeness (QED) is 0.404. The molecule has 0 atom stereocenters. The maximum Gasteiger partial charge on any atom is 0.335 e. The summed E-state index contributed by atoms with van der Waals surface area (Å²) < 4.78 is 5.69. The van der Waals surface area contributed by atoms with Crippen LogP contribution in [0, 0.1) is 18.3 Å². The normalized spacial score (nSPS) is 10.9. The van der Waals surface area contributed by atoms with E-state index in [-0.39, 0.29) is 28.1 Å². The predicted octanol–water partition coefficient (Wildman–Crippen LogP) is 4.20. The average molecular weight is 416 g/mol. The Morgan fingerprint density at radius 1 is 1.00 bits per heavy atom. The first-order valence-corrected chi connectivity index (χ1v) is 8.99. The highest BCUT2D eigenvalue weighted by Crippen LogP contribution is 2.27. The lowest BCUT2D eigenvalue weighted by atomic mass is 10.0. The lowest BCUT2D eigenvalue weighted by Crippen LogP contribution is -2.13. The molecule has 154 valence electrons. The van der Waals surface area contributed by atoms with E-state index in [4.69, 9.17) is 9.52 Å². The van der Waals surface area contributed by atoms with Crippen molar-refractivity contribution < 1.29 is 29.0 Å². The topological polar surface area (TPSA) is 141 Å². The van der Waals surface area contributed by atoms with Crippen molar-refractivity contribution in [3.8, 4) is 17.4 Å². The van der Waals surface area contributed by atoms with E-state index in [1.165, 1.54) is 42.5 Å². The summed E-state index contributed by atoms with van der Waals surface area (Å²) in [6.45, 7) is 1.80. The van der Waals surface area contributed by atoms with Gasteiger partial charge in [0.15, 0.2) is 0 Å². The smallest absolute Gasteiger partial charge is 0.335 e. The summed E-state index contributed by atoms with van der Waals surface area (Å²) in [6, 6.07) is 15.2. The third kappa shape index (κ3) is 4.86. The summed E-state index contributed by atoms with van der Waals surface area (Å²) in [5.74, 6) is -2.33. The second-order valence-electron chi connectivity index (χ2n) is 6.55. The van der Waals surface area contributed by atoms with E-state index >= 15 is 0 Å². The molecule has 8 nitrogen and oxygen atoms in total. The van der Waals surface area contributed by atoms with Crippen LogP contribution in [0.1, 0.15) is 32.0 Å². The van der Waals surface area contributed by atoms with Crippen LogP contribution in [0.2, 0.25) is 0 Å². The van der Waals surface area contributed by atoms with Crippen molar-refractivity contribution in [3.05, 3.63) is 82.6 Å². The van der Waals surface area contributed by atoms with E-state index in [0.717, 1.165) is 5.56 Å². The lowest BCUT2D eigenvalue weighted by molar-refractivity contribution is -0.112. The Labute approximate surface area is 176 Å². The minimum Gasteiger partial charge on any atom is -0.478 e. The highest BCUT2D eigenvalue weighted by Gasteiger charge is 2.14. The molecule has 0 unspecified atom stereocenters. The van der Waals surface area contributed by atoms with E-state index in [1.54, 1.807) is 31.2 Å². The standard InChI is InChI=1S/C23H16N2O6/c1-13-5-6-15(23(29)30)11-19(13)20-8-7-18(31-20)10-16(12-24)21(26)25-17-4-2-3-14(9-17)22(27)28/h2-11H,1H3,(H,25,26)(H,27,28)(H,29,30)/b16-10-. The van der Waals surface area contributed by atoms with E-state index in [9.17, 15) is 24.8 Å². The van der Waals surface area contributed by atoms with Gasteiger partial charge in [0.05, 0.1) is 11.1 Å². The van der Waals surface area contributed by atoms with Gasteiger partial charge in [-0.1, -0.05) is 12.1 Å². The van der Waals surface area contributed by atoms with Crippen LogP contribution < -0.4 is 5.32 Å². The van der Waals surface area contributed by atoms with E-state index in [1.807, 2.05) is 0 Å². The minimum absolute atomic E-state index is 0.00470. The van der Waals surface area contributed by atoms with Crippen molar-refractivity contribution in [1.82, 2.24) is 0 Å². The van der Waals surface area contributed by atoms with Crippen LogP contribution in [0.4, 0.5) is 5.69 Å². The molecular weight excluding hydrogens is 400 g/mol. The molecular formula is C23H16N2O6. The molecule has 0 fully saturated rings. The molecule has 1 heterocycles. The number of carboxylic acid groups (broad SMARTS) is 2. The summed E-state index contributed by atoms with van der Waals surface area (Å²) in [5, 5.41) is 30.1. The molecule has 3 rings (SSSR count). The number of anilines is 1. The van der Waals surface area contributed by atoms with Crippen molar-refractivity contribution in [1.29, 1.82) is 5.26 Å². The molecule has 2 aromatic carbocycles. The molecule has 0 aliphatic heterocycles. The summed E-state index contributed by atoms with van der Waals surface area (Å²) in [6.07, 6.45) is 1.25. The molecule has 31 heavy (non-hydrogen) atoms. The zero-order valence-electron chi connectivity index (χ0n) is 16.2. The number of carbonyl (C=O) groups excluding carboxylic acids is 1. The molecule has 0 radical (unpaired) electrons. The number of aryl methyl sites for hydroxylation is 1. The number of benzene rings is 2. The fourth-order valence-corrected chi connectivity index (χ4v) is 2.81. The highest BCUT2D eigenvalue weighted by molar-refractivity contribution is 6.09. The summed E-state index contributed by atoms with van der Waals surface area (Å²) >= 11 is 0. The molecule has 1 aromatic heterocycles. The molecule has 1 amide bonds. The Morgan fingerprint density at radius 3 is 2.39 bits per heavy atom. The number of hydrogen-bond donors (Lipinski definition) is 3. The van der Waals surface area contributed by atoms with Gasteiger partial charge in [-0.2, -0.15) is 5.26 Å². The van der Waals surface area contributed by atoms with Gasteiger partial charge in [0.25, 0.3) is 5.91 Å². The molecule has 3 aromatic rings. The predicted molar refractivity (Wildman–Crippen MR) is 111 cm³/mol. The lowest BCUT2D eigenvalue weighted by Gasteiger charge is -2.05.